The Morgan fingerprint density at radius 2 is 2.15 bits per heavy atom. The highest BCUT2D eigenvalue weighted by Gasteiger charge is 2.23. The minimum Gasteiger partial charge on any atom is -0.493 e. The summed E-state index contributed by atoms with van der Waals surface area (Å²) in [5, 5.41) is 1.20. The van der Waals surface area contributed by atoms with Gasteiger partial charge in [0, 0.05) is 36.3 Å². The first-order valence-electron chi connectivity index (χ1n) is 9.72. The van der Waals surface area contributed by atoms with Gasteiger partial charge in [0.05, 0.1) is 13.7 Å². The molecule has 3 heterocycles. The molecule has 1 aliphatic rings. The fraction of sp³-hybridized carbons (Fsp3) is 0.409. The number of likely N-dealkylation sites (tertiary alicyclic amines) is 1. The van der Waals surface area contributed by atoms with Crippen LogP contribution in [0.25, 0.3) is 11.0 Å². The third-order valence-electron chi connectivity index (χ3n) is 5.29. The summed E-state index contributed by atoms with van der Waals surface area (Å²) in [4.78, 5) is 10.5. The molecule has 1 aromatic carbocycles. The van der Waals surface area contributed by atoms with Crippen LogP contribution in [0.3, 0.4) is 0 Å². The number of H-pyrrole nitrogens is 1. The first-order valence-corrected chi connectivity index (χ1v) is 9.72. The van der Waals surface area contributed by atoms with E-state index in [2.05, 4.69) is 39.1 Å². The third kappa shape index (κ3) is 3.93. The van der Waals surface area contributed by atoms with Gasteiger partial charge < -0.3 is 14.5 Å². The number of rotatable bonds is 6. The minimum atomic E-state index is 0.526. The molecule has 1 saturated heterocycles. The van der Waals surface area contributed by atoms with Gasteiger partial charge in [0.25, 0.3) is 0 Å². The van der Waals surface area contributed by atoms with E-state index in [9.17, 15) is 0 Å². The summed E-state index contributed by atoms with van der Waals surface area (Å²) in [6.07, 6.45) is 4.27. The van der Waals surface area contributed by atoms with E-state index in [4.69, 9.17) is 9.47 Å². The maximum absolute atomic E-state index is 5.63. The Morgan fingerprint density at radius 3 is 2.96 bits per heavy atom. The average molecular weight is 365 g/mol. The van der Waals surface area contributed by atoms with Gasteiger partial charge in [-0.3, -0.25) is 4.90 Å². The molecule has 4 rings (SSSR count). The Kier molecular flexibility index (Phi) is 5.30. The second kappa shape index (κ2) is 8.01. The van der Waals surface area contributed by atoms with Crippen LogP contribution in [0.1, 0.15) is 36.9 Å². The smallest absolute Gasteiger partial charge is 0.161 e. The van der Waals surface area contributed by atoms with E-state index >= 15 is 0 Å². The molecule has 0 radical (unpaired) electrons. The Labute approximate surface area is 160 Å². The molecule has 1 fully saturated rings. The first kappa shape index (κ1) is 17.9. The van der Waals surface area contributed by atoms with E-state index in [0.717, 1.165) is 36.8 Å². The molecule has 1 atom stereocenters. The molecule has 5 heteroatoms. The molecule has 1 N–H and O–H groups in total. The van der Waals surface area contributed by atoms with Crippen molar-refractivity contribution in [2.24, 2.45) is 0 Å². The molecular formula is C22H27N3O2. The van der Waals surface area contributed by atoms with Crippen molar-refractivity contribution in [2.45, 2.75) is 32.2 Å². The van der Waals surface area contributed by atoms with Crippen molar-refractivity contribution in [1.82, 2.24) is 14.9 Å². The van der Waals surface area contributed by atoms with E-state index in [1.165, 1.54) is 29.5 Å². The van der Waals surface area contributed by atoms with Gasteiger partial charge in [-0.25, -0.2) is 4.98 Å². The average Bonchev–Trinajstić information content (AvgIpc) is 3.14. The summed E-state index contributed by atoms with van der Waals surface area (Å²) in [6, 6.07) is 12.6. The summed E-state index contributed by atoms with van der Waals surface area (Å²) in [5.41, 5.74) is 3.55. The van der Waals surface area contributed by atoms with E-state index < -0.39 is 0 Å². The van der Waals surface area contributed by atoms with Gasteiger partial charge in [0.1, 0.15) is 5.65 Å². The number of nitrogens with one attached hydrogen (secondary N) is 1. The van der Waals surface area contributed by atoms with Crippen molar-refractivity contribution in [3.63, 3.8) is 0 Å². The number of aromatic nitrogens is 2. The lowest BCUT2D eigenvalue weighted by Crippen LogP contribution is -2.34. The number of pyridine rings is 1. The predicted octanol–water partition coefficient (Wildman–Crippen LogP) is 4.35. The number of aromatic amines is 1. The number of piperidine rings is 1. The zero-order valence-electron chi connectivity index (χ0n) is 16.1. The van der Waals surface area contributed by atoms with Crippen molar-refractivity contribution in [3.8, 4) is 11.5 Å². The van der Waals surface area contributed by atoms with Crippen LogP contribution in [0.2, 0.25) is 0 Å². The van der Waals surface area contributed by atoms with Crippen LogP contribution in [0, 0.1) is 0 Å². The summed E-state index contributed by atoms with van der Waals surface area (Å²) >= 11 is 0. The monoisotopic (exact) mass is 365 g/mol. The van der Waals surface area contributed by atoms with E-state index in [0.29, 0.717) is 12.5 Å². The standard InChI is InChI=1S/C22H27N3O2/c1-3-27-20-9-8-16(12-21(20)26-2)14-25-11-5-7-18(15-25)19-13-17-6-4-10-23-22(17)24-19/h4,6,8-10,12-13,18H,3,5,7,11,14-15H2,1-2H3,(H,23,24)/t18-/m0/s1. The van der Waals surface area contributed by atoms with E-state index in [1.807, 2.05) is 25.3 Å². The lowest BCUT2D eigenvalue weighted by Gasteiger charge is -2.32. The Bertz CT molecular complexity index is 872. The molecule has 3 aromatic rings. The third-order valence-corrected chi connectivity index (χ3v) is 5.29. The van der Waals surface area contributed by atoms with Crippen LogP contribution in [-0.2, 0) is 6.54 Å². The quantitative estimate of drug-likeness (QED) is 0.706. The van der Waals surface area contributed by atoms with Crippen molar-refractivity contribution in [1.29, 1.82) is 0 Å². The predicted molar refractivity (Wildman–Crippen MR) is 108 cm³/mol. The maximum atomic E-state index is 5.63. The maximum Gasteiger partial charge on any atom is 0.161 e. The summed E-state index contributed by atoms with van der Waals surface area (Å²) in [7, 11) is 1.70. The number of nitrogens with zero attached hydrogens (tertiary/aromatic N) is 2. The molecule has 0 spiro atoms. The molecule has 0 unspecified atom stereocenters. The molecular weight excluding hydrogens is 338 g/mol. The normalized spacial score (nSPS) is 17.9. The first-order chi connectivity index (χ1) is 13.3. The highest BCUT2D eigenvalue weighted by molar-refractivity contribution is 5.76. The number of fused-ring (bicyclic) bond motifs is 1. The summed E-state index contributed by atoms with van der Waals surface area (Å²) < 4.78 is 11.1. The highest BCUT2D eigenvalue weighted by atomic mass is 16.5. The Morgan fingerprint density at radius 1 is 1.22 bits per heavy atom. The van der Waals surface area contributed by atoms with Crippen LogP contribution < -0.4 is 9.47 Å². The number of ether oxygens (including phenoxy) is 2. The minimum absolute atomic E-state index is 0.526. The molecule has 0 bridgehead atoms. The Balaban J connectivity index is 1.47. The zero-order valence-corrected chi connectivity index (χ0v) is 16.1. The van der Waals surface area contributed by atoms with Gasteiger partial charge in [-0.1, -0.05) is 6.07 Å². The van der Waals surface area contributed by atoms with Crippen LogP contribution in [0.15, 0.2) is 42.6 Å². The second-order valence-electron chi connectivity index (χ2n) is 7.16. The zero-order chi connectivity index (χ0) is 18.6. The van der Waals surface area contributed by atoms with Gasteiger partial charge >= 0.3 is 0 Å². The van der Waals surface area contributed by atoms with Gasteiger partial charge in [-0.2, -0.15) is 0 Å². The van der Waals surface area contributed by atoms with Crippen molar-refractivity contribution < 1.29 is 9.47 Å². The van der Waals surface area contributed by atoms with E-state index in [-0.39, 0.29) is 0 Å². The number of methoxy groups -OCH3 is 1. The van der Waals surface area contributed by atoms with Crippen LogP contribution in [-0.4, -0.2) is 41.7 Å². The molecule has 0 aliphatic carbocycles. The van der Waals surface area contributed by atoms with Gasteiger partial charge in [-0.05, 0) is 62.2 Å². The number of benzene rings is 1. The molecule has 5 nitrogen and oxygen atoms in total. The fourth-order valence-electron chi connectivity index (χ4n) is 4.00. The van der Waals surface area contributed by atoms with Crippen molar-refractivity contribution in [2.75, 3.05) is 26.8 Å². The molecule has 0 amide bonds. The van der Waals surface area contributed by atoms with Gasteiger partial charge in [-0.15, -0.1) is 0 Å². The molecule has 0 saturated carbocycles. The SMILES string of the molecule is CCOc1ccc(CN2CCC[C@H](c3cc4cccnc4[nH]3)C2)cc1OC. The topological polar surface area (TPSA) is 50.4 Å². The van der Waals surface area contributed by atoms with Gasteiger partial charge in [0.2, 0.25) is 0 Å². The Hall–Kier alpha value is -2.53. The largest absolute Gasteiger partial charge is 0.493 e. The lowest BCUT2D eigenvalue weighted by atomic mass is 9.94. The van der Waals surface area contributed by atoms with Crippen molar-refractivity contribution >= 4 is 11.0 Å². The van der Waals surface area contributed by atoms with Gasteiger partial charge in [0.15, 0.2) is 11.5 Å². The molecule has 1 aliphatic heterocycles. The summed E-state index contributed by atoms with van der Waals surface area (Å²) in [5.74, 6) is 2.15. The number of hydrogen-bond acceptors (Lipinski definition) is 4. The van der Waals surface area contributed by atoms with E-state index in [1.54, 1.807) is 7.11 Å². The van der Waals surface area contributed by atoms with Crippen LogP contribution in [0.4, 0.5) is 0 Å². The summed E-state index contributed by atoms with van der Waals surface area (Å²) in [6.45, 7) is 5.74. The molecule has 2 aromatic heterocycles. The lowest BCUT2D eigenvalue weighted by molar-refractivity contribution is 0.198. The van der Waals surface area contributed by atoms with Crippen LogP contribution in [0.5, 0.6) is 11.5 Å². The molecule has 27 heavy (non-hydrogen) atoms. The number of hydrogen-bond donors (Lipinski definition) is 1. The highest BCUT2D eigenvalue weighted by Crippen LogP contribution is 2.31. The fourth-order valence-corrected chi connectivity index (χ4v) is 4.00. The van der Waals surface area contributed by atoms with Crippen molar-refractivity contribution in [3.05, 3.63) is 53.9 Å². The van der Waals surface area contributed by atoms with Crippen LogP contribution >= 0.6 is 0 Å². The second-order valence-corrected chi connectivity index (χ2v) is 7.16. The molecule has 142 valence electrons.